The van der Waals surface area contributed by atoms with E-state index in [1.165, 1.54) is 13.3 Å². The molecule has 1 fully saturated rings. The van der Waals surface area contributed by atoms with Crippen LogP contribution in [0.15, 0.2) is 24.7 Å². The Kier molecular flexibility index (Phi) is 5.42. The SMILES string of the molecule is COc1cc(C(C)NC[C@@H]2CCCO[C@H]2c2cn[nH]c2)c(F)cn1. The van der Waals surface area contributed by atoms with Gasteiger partial charge < -0.3 is 14.8 Å². The van der Waals surface area contributed by atoms with Gasteiger partial charge in [-0.1, -0.05) is 0 Å². The molecular formula is C17H23FN4O2. The molecule has 2 aromatic rings. The van der Waals surface area contributed by atoms with Crippen LogP contribution in [0.4, 0.5) is 4.39 Å². The van der Waals surface area contributed by atoms with Crippen LogP contribution in [-0.4, -0.2) is 35.4 Å². The summed E-state index contributed by atoms with van der Waals surface area (Å²) in [6.07, 6.45) is 7.00. The van der Waals surface area contributed by atoms with E-state index in [0.29, 0.717) is 17.4 Å². The Hall–Kier alpha value is -1.99. The van der Waals surface area contributed by atoms with E-state index < -0.39 is 0 Å². The molecule has 1 aliphatic heterocycles. The fourth-order valence-electron chi connectivity index (χ4n) is 3.15. The first-order valence-electron chi connectivity index (χ1n) is 8.22. The van der Waals surface area contributed by atoms with E-state index in [4.69, 9.17) is 9.47 Å². The normalized spacial score (nSPS) is 22.3. The third-order valence-corrected chi connectivity index (χ3v) is 4.51. The molecule has 0 spiro atoms. The highest BCUT2D eigenvalue weighted by atomic mass is 19.1. The molecule has 0 saturated carbocycles. The van der Waals surface area contributed by atoms with Gasteiger partial charge in [-0.15, -0.1) is 0 Å². The van der Waals surface area contributed by atoms with Crippen molar-refractivity contribution in [1.82, 2.24) is 20.5 Å². The number of methoxy groups -OCH3 is 1. The fraction of sp³-hybridized carbons (Fsp3) is 0.529. The minimum Gasteiger partial charge on any atom is -0.481 e. The molecule has 0 amide bonds. The Balaban J connectivity index is 1.65. The van der Waals surface area contributed by atoms with Crippen molar-refractivity contribution in [2.45, 2.75) is 31.9 Å². The lowest BCUT2D eigenvalue weighted by molar-refractivity contribution is -0.0283. The van der Waals surface area contributed by atoms with Gasteiger partial charge >= 0.3 is 0 Å². The zero-order valence-electron chi connectivity index (χ0n) is 14.0. The van der Waals surface area contributed by atoms with E-state index in [0.717, 1.165) is 31.6 Å². The zero-order valence-corrected chi connectivity index (χ0v) is 14.0. The van der Waals surface area contributed by atoms with Crippen molar-refractivity contribution in [2.24, 2.45) is 5.92 Å². The molecule has 1 unspecified atom stereocenters. The number of rotatable bonds is 6. The quantitative estimate of drug-likeness (QED) is 0.850. The first-order chi connectivity index (χ1) is 11.7. The van der Waals surface area contributed by atoms with Crippen molar-refractivity contribution in [2.75, 3.05) is 20.3 Å². The van der Waals surface area contributed by atoms with Crippen molar-refractivity contribution in [3.05, 3.63) is 41.6 Å². The summed E-state index contributed by atoms with van der Waals surface area (Å²) in [6, 6.07) is 1.49. The summed E-state index contributed by atoms with van der Waals surface area (Å²) >= 11 is 0. The molecule has 0 aliphatic carbocycles. The number of hydrogen-bond donors (Lipinski definition) is 2. The Morgan fingerprint density at radius 1 is 1.50 bits per heavy atom. The van der Waals surface area contributed by atoms with Gasteiger partial charge in [-0.3, -0.25) is 5.10 Å². The topological polar surface area (TPSA) is 72.1 Å². The van der Waals surface area contributed by atoms with Gasteiger partial charge in [-0.05, 0) is 19.8 Å². The number of nitrogens with zero attached hydrogens (tertiary/aromatic N) is 2. The molecular weight excluding hydrogens is 311 g/mol. The predicted molar refractivity (Wildman–Crippen MR) is 87.2 cm³/mol. The number of ether oxygens (including phenoxy) is 2. The van der Waals surface area contributed by atoms with Crippen LogP contribution in [0.1, 0.15) is 43.0 Å². The summed E-state index contributed by atoms with van der Waals surface area (Å²) < 4.78 is 25.0. The summed E-state index contributed by atoms with van der Waals surface area (Å²) in [7, 11) is 1.52. The number of H-pyrrole nitrogens is 1. The van der Waals surface area contributed by atoms with E-state index in [9.17, 15) is 4.39 Å². The fourth-order valence-corrected chi connectivity index (χ4v) is 3.15. The van der Waals surface area contributed by atoms with E-state index in [-0.39, 0.29) is 18.0 Å². The van der Waals surface area contributed by atoms with Gasteiger partial charge in [-0.25, -0.2) is 9.37 Å². The smallest absolute Gasteiger partial charge is 0.213 e. The number of pyridine rings is 1. The minimum absolute atomic E-state index is 0.0222. The lowest BCUT2D eigenvalue weighted by Gasteiger charge is -2.32. The maximum absolute atomic E-state index is 14.0. The lowest BCUT2D eigenvalue weighted by atomic mass is 9.90. The molecule has 2 N–H and O–H groups in total. The average Bonchev–Trinajstić information content (AvgIpc) is 3.15. The highest BCUT2D eigenvalue weighted by molar-refractivity contribution is 5.25. The molecule has 2 aromatic heterocycles. The highest BCUT2D eigenvalue weighted by Crippen LogP contribution is 2.33. The van der Waals surface area contributed by atoms with Crippen molar-refractivity contribution in [1.29, 1.82) is 0 Å². The maximum atomic E-state index is 14.0. The van der Waals surface area contributed by atoms with Crippen molar-refractivity contribution in [3.8, 4) is 5.88 Å². The van der Waals surface area contributed by atoms with E-state index in [1.54, 1.807) is 12.3 Å². The average molecular weight is 334 g/mol. The number of halogens is 1. The monoisotopic (exact) mass is 334 g/mol. The first-order valence-corrected chi connectivity index (χ1v) is 8.22. The standard InChI is InChI=1S/C17H23FN4O2/c1-11(14-6-16(23-2)20-10-15(14)18)19-7-12-4-3-5-24-17(12)13-8-21-22-9-13/h6,8-12,17,19H,3-5,7H2,1-2H3,(H,21,22)/t11?,12-,17+/m0/s1. The molecule has 7 heteroatoms. The summed E-state index contributed by atoms with van der Waals surface area (Å²) in [5.41, 5.74) is 1.62. The van der Waals surface area contributed by atoms with Crippen LogP contribution in [0.2, 0.25) is 0 Å². The Morgan fingerprint density at radius 2 is 2.38 bits per heavy atom. The van der Waals surface area contributed by atoms with Crippen molar-refractivity contribution < 1.29 is 13.9 Å². The van der Waals surface area contributed by atoms with Crippen LogP contribution in [0.5, 0.6) is 5.88 Å². The Morgan fingerprint density at radius 3 is 3.12 bits per heavy atom. The molecule has 1 aliphatic rings. The minimum atomic E-state index is -0.331. The molecule has 0 radical (unpaired) electrons. The molecule has 6 nitrogen and oxygen atoms in total. The number of hydrogen-bond acceptors (Lipinski definition) is 5. The van der Waals surface area contributed by atoms with Gasteiger partial charge in [0.1, 0.15) is 5.82 Å². The van der Waals surface area contributed by atoms with Crippen LogP contribution in [0.3, 0.4) is 0 Å². The lowest BCUT2D eigenvalue weighted by Crippen LogP contribution is -2.33. The summed E-state index contributed by atoms with van der Waals surface area (Å²) in [6.45, 7) is 3.44. The third-order valence-electron chi connectivity index (χ3n) is 4.51. The van der Waals surface area contributed by atoms with Gasteiger partial charge in [0.15, 0.2) is 0 Å². The van der Waals surface area contributed by atoms with E-state index in [1.807, 2.05) is 13.1 Å². The van der Waals surface area contributed by atoms with Gasteiger partial charge in [-0.2, -0.15) is 5.10 Å². The molecule has 130 valence electrons. The van der Waals surface area contributed by atoms with Crippen LogP contribution >= 0.6 is 0 Å². The Labute approximate surface area is 140 Å². The zero-order chi connectivity index (χ0) is 16.9. The second-order valence-electron chi connectivity index (χ2n) is 6.10. The first kappa shape index (κ1) is 16.9. The van der Waals surface area contributed by atoms with Gasteiger partial charge in [0.2, 0.25) is 5.88 Å². The Bertz CT molecular complexity index is 650. The maximum Gasteiger partial charge on any atom is 0.213 e. The molecule has 3 heterocycles. The summed E-state index contributed by atoms with van der Waals surface area (Å²) in [4.78, 5) is 3.88. The second kappa shape index (κ2) is 7.72. The molecule has 0 aromatic carbocycles. The van der Waals surface area contributed by atoms with Gasteiger partial charge in [0.05, 0.1) is 25.6 Å². The number of aromatic amines is 1. The second-order valence-corrected chi connectivity index (χ2v) is 6.10. The van der Waals surface area contributed by atoms with Crippen LogP contribution < -0.4 is 10.1 Å². The van der Waals surface area contributed by atoms with Crippen LogP contribution in [0, 0.1) is 11.7 Å². The molecule has 3 rings (SSSR count). The van der Waals surface area contributed by atoms with Gasteiger partial charge in [0, 0.05) is 48.5 Å². The largest absolute Gasteiger partial charge is 0.481 e. The molecule has 24 heavy (non-hydrogen) atoms. The van der Waals surface area contributed by atoms with Crippen LogP contribution in [0.25, 0.3) is 0 Å². The predicted octanol–water partition coefficient (Wildman–Crippen LogP) is 2.77. The van der Waals surface area contributed by atoms with E-state index >= 15 is 0 Å². The summed E-state index contributed by atoms with van der Waals surface area (Å²) in [5.74, 6) is 0.407. The highest BCUT2D eigenvalue weighted by Gasteiger charge is 2.28. The van der Waals surface area contributed by atoms with Gasteiger partial charge in [0.25, 0.3) is 0 Å². The van der Waals surface area contributed by atoms with Crippen molar-refractivity contribution >= 4 is 0 Å². The third kappa shape index (κ3) is 3.73. The molecule has 3 atom stereocenters. The van der Waals surface area contributed by atoms with Crippen molar-refractivity contribution in [3.63, 3.8) is 0 Å². The summed E-state index contributed by atoms with van der Waals surface area (Å²) in [5, 5.41) is 10.3. The molecule has 1 saturated heterocycles. The molecule has 0 bridgehead atoms. The number of aromatic nitrogens is 3. The number of nitrogens with one attached hydrogen (secondary N) is 2. The van der Waals surface area contributed by atoms with E-state index in [2.05, 4.69) is 20.5 Å². The van der Waals surface area contributed by atoms with Crippen LogP contribution in [-0.2, 0) is 4.74 Å².